The molecule has 0 spiro atoms. The van der Waals surface area contributed by atoms with E-state index in [4.69, 9.17) is 14.2 Å². The molecule has 150 valence electrons. The summed E-state index contributed by atoms with van der Waals surface area (Å²) in [7, 11) is 3.13. The molecule has 2 rings (SSSR count). The summed E-state index contributed by atoms with van der Waals surface area (Å²) in [4.78, 5) is 12.1. The van der Waals surface area contributed by atoms with Crippen LogP contribution in [0.15, 0.2) is 42.5 Å². The van der Waals surface area contributed by atoms with Crippen molar-refractivity contribution in [3.05, 3.63) is 53.6 Å². The maximum absolute atomic E-state index is 12.1. The fraction of sp³-hybridized carbons (Fsp3) is 0.318. The standard InChI is InChI=1S/C22H27NO5/c1-4-13-28-22-19(26-2)14-17(15-20(22)27-3)7-10-21(25)23-12-11-16-5-8-18(24)9-6-16/h5-10,14-15,24H,4,11-13H2,1-3H3,(H,23,25). The van der Waals surface area contributed by atoms with Crippen molar-refractivity contribution >= 4 is 12.0 Å². The minimum atomic E-state index is -0.192. The summed E-state index contributed by atoms with van der Waals surface area (Å²) in [6, 6.07) is 10.5. The van der Waals surface area contributed by atoms with Gasteiger partial charge in [0.1, 0.15) is 5.75 Å². The van der Waals surface area contributed by atoms with Crippen LogP contribution in [0.2, 0.25) is 0 Å². The molecule has 0 atom stereocenters. The number of phenols is 1. The van der Waals surface area contributed by atoms with Gasteiger partial charge in [-0.15, -0.1) is 0 Å². The molecule has 0 aliphatic carbocycles. The summed E-state index contributed by atoms with van der Waals surface area (Å²) in [6.07, 6.45) is 4.73. The van der Waals surface area contributed by atoms with E-state index in [0.717, 1.165) is 17.5 Å². The number of methoxy groups -OCH3 is 2. The van der Waals surface area contributed by atoms with Crippen molar-refractivity contribution in [2.75, 3.05) is 27.4 Å². The van der Waals surface area contributed by atoms with Crippen LogP contribution in [0.3, 0.4) is 0 Å². The van der Waals surface area contributed by atoms with Crippen LogP contribution in [0.25, 0.3) is 6.08 Å². The zero-order valence-corrected chi connectivity index (χ0v) is 16.5. The molecule has 6 nitrogen and oxygen atoms in total. The molecule has 2 aromatic carbocycles. The third kappa shape index (κ3) is 6.23. The second kappa shape index (κ2) is 10.9. The third-order valence-corrected chi connectivity index (χ3v) is 4.01. The second-order valence-corrected chi connectivity index (χ2v) is 6.14. The number of carbonyl (C=O) groups is 1. The van der Waals surface area contributed by atoms with E-state index in [1.807, 2.05) is 19.1 Å². The number of carbonyl (C=O) groups excluding carboxylic acids is 1. The Balaban J connectivity index is 1.97. The van der Waals surface area contributed by atoms with Gasteiger partial charge in [0.15, 0.2) is 11.5 Å². The fourth-order valence-electron chi connectivity index (χ4n) is 2.57. The average molecular weight is 385 g/mol. The van der Waals surface area contributed by atoms with Crippen LogP contribution < -0.4 is 19.5 Å². The maximum Gasteiger partial charge on any atom is 0.244 e. The maximum atomic E-state index is 12.1. The number of phenolic OH excluding ortho intramolecular Hbond substituents is 1. The Kier molecular flexibility index (Phi) is 8.21. The predicted octanol–water partition coefficient (Wildman–Crippen LogP) is 3.57. The van der Waals surface area contributed by atoms with Crippen molar-refractivity contribution in [2.45, 2.75) is 19.8 Å². The van der Waals surface area contributed by atoms with Gasteiger partial charge in [0.25, 0.3) is 0 Å². The number of benzene rings is 2. The quantitative estimate of drug-likeness (QED) is 0.612. The third-order valence-electron chi connectivity index (χ3n) is 4.01. The normalized spacial score (nSPS) is 10.7. The van der Waals surface area contributed by atoms with E-state index in [1.165, 1.54) is 6.08 Å². The van der Waals surface area contributed by atoms with Gasteiger partial charge in [0.05, 0.1) is 20.8 Å². The number of aromatic hydroxyl groups is 1. The van der Waals surface area contributed by atoms with Crippen molar-refractivity contribution in [1.29, 1.82) is 0 Å². The zero-order valence-electron chi connectivity index (χ0n) is 16.5. The molecule has 2 aromatic rings. The van der Waals surface area contributed by atoms with Gasteiger partial charge < -0.3 is 24.6 Å². The first-order valence-corrected chi connectivity index (χ1v) is 9.20. The molecule has 6 heteroatoms. The Morgan fingerprint density at radius 2 is 1.75 bits per heavy atom. The SMILES string of the molecule is CCCOc1c(OC)cc(C=CC(=O)NCCc2ccc(O)cc2)cc1OC. The van der Waals surface area contributed by atoms with E-state index < -0.39 is 0 Å². The molecule has 28 heavy (non-hydrogen) atoms. The van der Waals surface area contributed by atoms with Gasteiger partial charge in [-0.3, -0.25) is 4.79 Å². The van der Waals surface area contributed by atoms with E-state index in [9.17, 15) is 9.90 Å². The van der Waals surface area contributed by atoms with Gasteiger partial charge in [-0.25, -0.2) is 0 Å². The summed E-state index contributed by atoms with van der Waals surface area (Å²) in [6.45, 7) is 3.09. The Bertz CT molecular complexity index is 774. The highest BCUT2D eigenvalue weighted by Gasteiger charge is 2.13. The van der Waals surface area contributed by atoms with E-state index in [-0.39, 0.29) is 11.7 Å². The van der Waals surface area contributed by atoms with Crippen molar-refractivity contribution < 1.29 is 24.1 Å². The van der Waals surface area contributed by atoms with Gasteiger partial charge in [0.2, 0.25) is 11.7 Å². The lowest BCUT2D eigenvalue weighted by atomic mass is 10.1. The number of hydrogen-bond donors (Lipinski definition) is 2. The van der Waals surface area contributed by atoms with Crippen LogP contribution >= 0.6 is 0 Å². The summed E-state index contributed by atoms with van der Waals surface area (Å²) >= 11 is 0. The second-order valence-electron chi connectivity index (χ2n) is 6.14. The van der Waals surface area contributed by atoms with Crippen molar-refractivity contribution in [3.63, 3.8) is 0 Å². The van der Waals surface area contributed by atoms with Crippen LogP contribution in [0, 0.1) is 0 Å². The molecular formula is C22H27NO5. The summed E-state index contributed by atoms with van der Waals surface area (Å²) < 4.78 is 16.5. The smallest absolute Gasteiger partial charge is 0.244 e. The van der Waals surface area contributed by atoms with Crippen LogP contribution in [0.4, 0.5) is 0 Å². The molecule has 0 aromatic heterocycles. The van der Waals surface area contributed by atoms with E-state index in [0.29, 0.717) is 36.8 Å². The van der Waals surface area contributed by atoms with Crippen molar-refractivity contribution in [1.82, 2.24) is 5.32 Å². The molecule has 0 saturated carbocycles. The first-order valence-electron chi connectivity index (χ1n) is 9.20. The summed E-state index contributed by atoms with van der Waals surface area (Å²) in [5, 5.41) is 12.1. The molecule has 1 amide bonds. The Morgan fingerprint density at radius 3 is 2.32 bits per heavy atom. The number of hydrogen-bond acceptors (Lipinski definition) is 5. The van der Waals surface area contributed by atoms with Crippen LogP contribution in [-0.2, 0) is 11.2 Å². The Morgan fingerprint density at radius 1 is 1.11 bits per heavy atom. The summed E-state index contributed by atoms with van der Waals surface area (Å²) in [5.74, 6) is 1.71. The number of rotatable bonds is 10. The minimum Gasteiger partial charge on any atom is -0.508 e. The highest BCUT2D eigenvalue weighted by molar-refractivity contribution is 5.91. The molecular weight excluding hydrogens is 358 g/mol. The van der Waals surface area contributed by atoms with E-state index in [1.54, 1.807) is 44.6 Å². The highest BCUT2D eigenvalue weighted by atomic mass is 16.5. The number of ether oxygens (including phenoxy) is 3. The fourth-order valence-corrected chi connectivity index (χ4v) is 2.57. The number of nitrogens with one attached hydrogen (secondary N) is 1. The minimum absolute atomic E-state index is 0.192. The highest BCUT2D eigenvalue weighted by Crippen LogP contribution is 2.39. The summed E-state index contributed by atoms with van der Waals surface area (Å²) in [5.41, 5.74) is 1.81. The first-order chi connectivity index (χ1) is 13.6. The van der Waals surface area contributed by atoms with E-state index >= 15 is 0 Å². The van der Waals surface area contributed by atoms with Gasteiger partial charge in [-0.1, -0.05) is 19.1 Å². The van der Waals surface area contributed by atoms with Gasteiger partial charge in [-0.2, -0.15) is 0 Å². The van der Waals surface area contributed by atoms with Gasteiger partial charge >= 0.3 is 0 Å². The first kappa shape index (κ1) is 21.2. The predicted molar refractivity (Wildman–Crippen MR) is 109 cm³/mol. The van der Waals surface area contributed by atoms with E-state index in [2.05, 4.69) is 5.32 Å². The van der Waals surface area contributed by atoms with Crippen molar-refractivity contribution in [3.8, 4) is 23.0 Å². The topological polar surface area (TPSA) is 77.0 Å². The monoisotopic (exact) mass is 385 g/mol. The molecule has 0 fully saturated rings. The largest absolute Gasteiger partial charge is 0.508 e. The molecule has 0 bridgehead atoms. The molecule has 0 radical (unpaired) electrons. The lowest BCUT2D eigenvalue weighted by molar-refractivity contribution is -0.116. The lowest BCUT2D eigenvalue weighted by Crippen LogP contribution is -2.23. The molecule has 0 saturated heterocycles. The molecule has 0 aliphatic heterocycles. The molecule has 2 N–H and O–H groups in total. The van der Waals surface area contributed by atoms with Crippen LogP contribution in [0.5, 0.6) is 23.0 Å². The molecule has 0 aliphatic rings. The number of amides is 1. The van der Waals surface area contributed by atoms with Gasteiger partial charge in [-0.05, 0) is 54.3 Å². The van der Waals surface area contributed by atoms with Crippen LogP contribution in [-0.4, -0.2) is 38.4 Å². The average Bonchev–Trinajstić information content (AvgIpc) is 2.71. The van der Waals surface area contributed by atoms with Gasteiger partial charge in [0, 0.05) is 12.6 Å². The lowest BCUT2D eigenvalue weighted by Gasteiger charge is -2.14. The Hall–Kier alpha value is -3.15. The zero-order chi connectivity index (χ0) is 20.4. The molecule has 0 heterocycles. The van der Waals surface area contributed by atoms with Crippen molar-refractivity contribution in [2.24, 2.45) is 0 Å². The molecule has 0 unspecified atom stereocenters. The van der Waals surface area contributed by atoms with Crippen LogP contribution in [0.1, 0.15) is 24.5 Å². The Labute approximate surface area is 165 Å².